The normalized spacial score (nSPS) is 14.1. The molecule has 0 saturated carbocycles. The number of carbonyl (C=O) groups excluding carboxylic acids is 2. The molecule has 5 rings (SSSR count). The number of aliphatic imine (C=N–C) groups is 1. The van der Waals surface area contributed by atoms with E-state index in [1.54, 1.807) is 24.3 Å². The van der Waals surface area contributed by atoms with Crippen molar-refractivity contribution < 1.29 is 24.0 Å². The Morgan fingerprint density at radius 1 is 1.08 bits per heavy atom. The first-order chi connectivity index (χ1) is 17.7. The number of carbonyl (C=O) groups is 2. The highest BCUT2D eigenvalue weighted by molar-refractivity contribution is 7.21. The van der Waals surface area contributed by atoms with Gasteiger partial charge >= 0.3 is 11.9 Å². The van der Waals surface area contributed by atoms with Gasteiger partial charge in [-0.2, -0.15) is 0 Å². The Morgan fingerprint density at radius 2 is 1.86 bits per heavy atom. The Balaban J connectivity index is 1.47. The van der Waals surface area contributed by atoms with Crippen LogP contribution in [0.4, 0.5) is 5.69 Å². The second-order valence-electron chi connectivity index (χ2n) is 7.57. The molecule has 1 aromatic heterocycles. The van der Waals surface area contributed by atoms with Crippen LogP contribution in [0.5, 0.6) is 5.75 Å². The Labute approximate surface area is 227 Å². The van der Waals surface area contributed by atoms with Gasteiger partial charge < -0.3 is 9.47 Å². The lowest BCUT2D eigenvalue weighted by Crippen LogP contribution is -2.10. The number of benzene rings is 3. The third kappa shape index (κ3) is 4.94. The molecule has 0 spiro atoms. The summed E-state index contributed by atoms with van der Waals surface area (Å²) in [5.74, 6) is -1.32. The Bertz CT molecular complexity index is 1700. The summed E-state index contributed by atoms with van der Waals surface area (Å²) < 4.78 is 11.4. The number of fused-ring (bicyclic) bond motifs is 1. The van der Waals surface area contributed by atoms with Crippen LogP contribution in [-0.2, 0) is 9.53 Å². The standard InChI is InChI=1S/C25H11Cl3N2O6S/c26-13-5-7-15(17(27)10-13)24(31)35-19-4-2-1-3-12(19)9-18-25(32)36-23(29-18)22-21(28)16-8-6-14(30(33)34)11-20(16)37-22/h1-11H/b18-9+. The fourth-order valence-corrected chi connectivity index (χ4v) is 5.42. The second kappa shape index (κ2) is 9.95. The number of nitro benzene ring substituents is 1. The monoisotopic (exact) mass is 572 g/mol. The van der Waals surface area contributed by atoms with Crippen LogP contribution in [-0.4, -0.2) is 22.8 Å². The number of nitrogens with zero attached hydrogens (tertiary/aromatic N) is 2. The Morgan fingerprint density at radius 3 is 2.62 bits per heavy atom. The van der Waals surface area contributed by atoms with Gasteiger partial charge in [0, 0.05) is 32.8 Å². The van der Waals surface area contributed by atoms with E-state index in [-0.39, 0.29) is 38.6 Å². The molecule has 37 heavy (non-hydrogen) atoms. The molecule has 0 fully saturated rings. The molecular weight excluding hydrogens is 563 g/mol. The van der Waals surface area contributed by atoms with Crippen molar-refractivity contribution in [3.8, 4) is 5.75 Å². The molecular formula is C25H11Cl3N2O6S. The summed E-state index contributed by atoms with van der Waals surface area (Å²) in [6, 6.07) is 15.2. The summed E-state index contributed by atoms with van der Waals surface area (Å²) in [6.45, 7) is 0. The van der Waals surface area contributed by atoms with Crippen LogP contribution < -0.4 is 4.74 Å². The van der Waals surface area contributed by atoms with Gasteiger partial charge in [-0.15, -0.1) is 11.3 Å². The fraction of sp³-hybridized carbons (Fsp3) is 0. The average molecular weight is 574 g/mol. The first-order valence-corrected chi connectivity index (χ1v) is 12.3. The van der Waals surface area contributed by atoms with Crippen molar-refractivity contribution in [2.75, 3.05) is 0 Å². The lowest BCUT2D eigenvalue weighted by molar-refractivity contribution is -0.384. The van der Waals surface area contributed by atoms with Crippen LogP contribution in [0.1, 0.15) is 20.8 Å². The van der Waals surface area contributed by atoms with Crippen LogP contribution >= 0.6 is 46.1 Å². The van der Waals surface area contributed by atoms with Gasteiger partial charge in [0.2, 0.25) is 5.90 Å². The molecule has 0 saturated heterocycles. The van der Waals surface area contributed by atoms with Crippen molar-refractivity contribution in [1.82, 2.24) is 0 Å². The minimum atomic E-state index is -0.739. The molecule has 1 aliphatic heterocycles. The summed E-state index contributed by atoms with van der Waals surface area (Å²) in [5, 5.41) is 12.4. The van der Waals surface area contributed by atoms with Gasteiger partial charge in [0.25, 0.3) is 5.69 Å². The number of hydrogen-bond donors (Lipinski definition) is 0. The SMILES string of the molecule is O=C1OC(c2sc3cc([N+](=O)[O-])ccc3c2Cl)=N/C1=C/c1ccccc1OC(=O)c1ccc(Cl)cc1Cl. The maximum absolute atomic E-state index is 12.7. The highest BCUT2D eigenvalue weighted by atomic mass is 35.5. The van der Waals surface area contributed by atoms with E-state index in [1.165, 1.54) is 42.5 Å². The van der Waals surface area contributed by atoms with Gasteiger partial charge in [0.15, 0.2) is 5.70 Å². The Kier molecular flexibility index (Phi) is 6.70. The molecule has 0 bridgehead atoms. The summed E-state index contributed by atoms with van der Waals surface area (Å²) in [4.78, 5) is 40.5. The molecule has 184 valence electrons. The highest BCUT2D eigenvalue weighted by Crippen LogP contribution is 2.39. The Hall–Kier alpha value is -3.76. The van der Waals surface area contributed by atoms with Gasteiger partial charge in [-0.05, 0) is 36.4 Å². The predicted molar refractivity (Wildman–Crippen MR) is 142 cm³/mol. The number of cyclic esters (lactones) is 1. The van der Waals surface area contributed by atoms with Gasteiger partial charge in [0.05, 0.1) is 20.5 Å². The number of esters is 2. The van der Waals surface area contributed by atoms with Crippen LogP contribution in [0.2, 0.25) is 15.1 Å². The molecule has 0 amide bonds. The van der Waals surface area contributed by atoms with Crippen molar-refractivity contribution in [3.63, 3.8) is 0 Å². The summed E-state index contributed by atoms with van der Waals surface area (Å²) in [7, 11) is 0. The molecule has 0 atom stereocenters. The number of non-ortho nitro benzene ring substituents is 1. The minimum absolute atomic E-state index is 0.0347. The van der Waals surface area contributed by atoms with Crippen LogP contribution in [0.25, 0.3) is 16.2 Å². The topological polar surface area (TPSA) is 108 Å². The zero-order chi connectivity index (χ0) is 26.3. The van der Waals surface area contributed by atoms with E-state index >= 15 is 0 Å². The van der Waals surface area contributed by atoms with E-state index in [0.717, 1.165) is 11.3 Å². The van der Waals surface area contributed by atoms with E-state index in [0.29, 0.717) is 25.5 Å². The van der Waals surface area contributed by atoms with Gasteiger partial charge in [-0.25, -0.2) is 14.6 Å². The van der Waals surface area contributed by atoms with Gasteiger partial charge in [-0.3, -0.25) is 10.1 Å². The highest BCUT2D eigenvalue weighted by Gasteiger charge is 2.29. The zero-order valence-corrected chi connectivity index (χ0v) is 21.3. The molecule has 0 unspecified atom stereocenters. The van der Waals surface area contributed by atoms with Gasteiger partial charge in [-0.1, -0.05) is 53.0 Å². The molecule has 4 aromatic rings. The average Bonchev–Trinajstić information content (AvgIpc) is 3.39. The fourth-order valence-electron chi connectivity index (χ4n) is 3.46. The smallest absolute Gasteiger partial charge is 0.363 e. The van der Waals surface area contributed by atoms with Crippen LogP contribution in [0.3, 0.4) is 0 Å². The number of thiophene rings is 1. The third-order valence-corrected chi connectivity index (χ3v) is 7.40. The van der Waals surface area contributed by atoms with Crippen molar-refractivity contribution >= 4 is 85.8 Å². The minimum Gasteiger partial charge on any atom is -0.422 e. The quantitative estimate of drug-likeness (QED) is 0.0813. The summed E-state index contributed by atoms with van der Waals surface area (Å²) >= 11 is 19.6. The zero-order valence-electron chi connectivity index (χ0n) is 18.2. The first-order valence-electron chi connectivity index (χ1n) is 10.4. The number of halogens is 3. The van der Waals surface area contributed by atoms with E-state index in [9.17, 15) is 19.7 Å². The molecule has 0 radical (unpaired) electrons. The summed E-state index contributed by atoms with van der Waals surface area (Å²) in [6.07, 6.45) is 1.41. The molecule has 3 aromatic carbocycles. The van der Waals surface area contributed by atoms with Crippen molar-refractivity contribution in [2.45, 2.75) is 0 Å². The molecule has 12 heteroatoms. The van der Waals surface area contributed by atoms with E-state index in [4.69, 9.17) is 44.3 Å². The number of ether oxygens (including phenoxy) is 2. The third-order valence-electron chi connectivity index (χ3n) is 5.20. The molecule has 0 N–H and O–H groups in total. The maximum atomic E-state index is 12.7. The van der Waals surface area contributed by atoms with Crippen molar-refractivity contribution in [2.24, 2.45) is 4.99 Å². The van der Waals surface area contributed by atoms with E-state index < -0.39 is 16.9 Å². The van der Waals surface area contributed by atoms with Crippen molar-refractivity contribution in [3.05, 3.63) is 108 Å². The molecule has 1 aliphatic rings. The van der Waals surface area contributed by atoms with E-state index in [2.05, 4.69) is 4.99 Å². The van der Waals surface area contributed by atoms with Crippen LogP contribution in [0, 0.1) is 10.1 Å². The molecule has 2 heterocycles. The second-order valence-corrected chi connectivity index (χ2v) is 9.84. The largest absolute Gasteiger partial charge is 0.422 e. The molecule has 0 aliphatic carbocycles. The number of nitro groups is 1. The number of rotatable bonds is 5. The predicted octanol–water partition coefficient (Wildman–Crippen LogP) is 7.33. The van der Waals surface area contributed by atoms with Gasteiger partial charge in [0.1, 0.15) is 10.6 Å². The van der Waals surface area contributed by atoms with E-state index in [1.807, 2.05) is 0 Å². The maximum Gasteiger partial charge on any atom is 0.363 e. The molecule has 8 nitrogen and oxygen atoms in total. The first kappa shape index (κ1) is 24.9. The number of hydrogen-bond acceptors (Lipinski definition) is 8. The lowest BCUT2D eigenvalue weighted by Gasteiger charge is -2.09. The lowest BCUT2D eigenvalue weighted by atomic mass is 10.1. The summed E-state index contributed by atoms with van der Waals surface area (Å²) in [5.41, 5.74) is 0.362. The van der Waals surface area contributed by atoms with Crippen molar-refractivity contribution in [1.29, 1.82) is 0 Å². The number of para-hydroxylation sites is 1. The van der Waals surface area contributed by atoms with Crippen LogP contribution in [0.15, 0.2) is 71.4 Å².